The minimum absolute atomic E-state index is 0.154. The third-order valence-electron chi connectivity index (χ3n) is 5.02. The number of ether oxygens (including phenoxy) is 1. The van der Waals surface area contributed by atoms with E-state index in [0.29, 0.717) is 16.8 Å². The molecule has 0 saturated carbocycles. The normalized spacial score (nSPS) is 10.7. The minimum Gasteiger partial charge on any atom is -0.462 e. The summed E-state index contributed by atoms with van der Waals surface area (Å²) in [6.45, 7) is 2.07. The number of esters is 1. The Morgan fingerprint density at radius 1 is 1.03 bits per heavy atom. The van der Waals surface area contributed by atoms with E-state index in [4.69, 9.17) is 4.74 Å². The van der Waals surface area contributed by atoms with Gasteiger partial charge in [0, 0.05) is 23.5 Å². The zero-order valence-corrected chi connectivity index (χ0v) is 17.7. The molecule has 8 heteroatoms. The van der Waals surface area contributed by atoms with Crippen LogP contribution in [0.4, 0.5) is 4.39 Å². The van der Waals surface area contributed by atoms with E-state index < -0.39 is 17.6 Å². The lowest BCUT2D eigenvalue weighted by atomic mass is 10.1. The Balaban J connectivity index is 1.70. The molecule has 0 aliphatic carbocycles. The van der Waals surface area contributed by atoms with Crippen molar-refractivity contribution in [2.24, 2.45) is 0 Å². The molecule has 3 aromatic heterocycles. The van der Waals surface area contributed by atoms with E-state index in [9.17, 15) is 18.8 Å². The molecule has 1 N–H and O–H groups in total. The van der Waals surface area contributed by atoms with Crippen LogP contribution < -0.4 is 5.32 Å². The fraction of sp³-hybridized carbons (Fsp3) is 0.120. The zero-order valence-electron chi connectivity index (χ0n) is 17.7. The molecule has 0 bridgehead atoms. The van der Waals surface area contributed by atoms with Crippen LogP contribution in [0.3, 0.4) is 0 Å². The average molecular weight is 445 g/mol. The summed E-state index contributed by atoms with van der Waals surface area (Å²) in [5.74, 6) is -1.82. The van der Waals surface area contributed by atoms with Gasteiger partial charge in [-0.1, -0.05) is 6.07 Å². The van der Waals surface area contributed by atoms with Crippen molar-refractivity contribution in [2.75, 3.05) is 6.61 Å². The second kappa shape index (κ2) is 9.44. The molecular formula is C25H20FN3O4. The lowest BCUT2D eigenvalue weighted by Gasteiger charge is -2.08. The van der Waals surface area contributed by atoms with Crippen molar-refractivity contribution in [3.05, 3.63) is 107 Å². The van der Waals surface area contributed by atoms with Gasteiger partial charge in [-0.3, -0.25) is 14.6 Å². The Kier molecular flexibility index (Phi) is 6.26. The van der Waals surface area contributed by atoms with Crippen LogP contribution in [0.2, 0.25) is 0 Å². The third-order valence-corrected chi connectivity index (χ3v) is 5.02. The Bertz CT molecular complexity index is 1330. The lowest BCUT2D eigenvalue weighted by molar-refractivity contribution is 0.0528. The summed E-state index contributed by atoms with van der Waals surface area (Å²) in [7, 11) is 0. The Hall–Kier alpha value is -4.33. The summed E-state index contributed by atoms with van der Waals surface area (Å²) in [6, 6.07) is 15.1. The molecule has 1 amide bonds. The Labute approximate surface area is 188 Å². The molecule has 0 spiro atoms. The number of aromatic nitrogens is 2. The highest BCUT2D eigenvalue weighted by Gasteiger charge is 2.22. The van der Waals surface area contributed by atoms with Gasteiger partial charge >= 0.3 is 5.97 Å². The first-order valence-corrected chi connectivity index (χ1v) is 10.3. The Morgan fingerprint density at radius 3 is 2.52 bits per heavy atom. The SMILES string of the molecule is CCOC(=O)c1cc(C(=O)c2ccc(F)cc2)n2ccc(C(=O)NCc3ccccn3)cc12. The predicted molar refractivity (Wildman–Crippen MR) is 119 cm³/mol. The van der Waals surface area contributed by atoms with Crippen LogP contribution in [0.5, 0.6) is 0 Å². The van der Waals surface area contributed by atoms with Crippen molar-refractivity contribution in [1.82, 2.24) is 14.7 Å². The summed E-state index contributed by atoms with van der Waals surface area (Å²) >= 11 is 0. The van der Waals surface area contributed by atoms with Gasteiger partial charge in [-0.15, -0.1) is 0 Å². The van der Waals surface area contributed by atoms with E-state index in [1.165, 1.54) is 40.8 Å². The van der Waals surface area contributed by atoms with Crippen molar-refractivity contribution < 1.29 is 23.5 Å². The molecule has 0 aliphatic heterocycles. The molecule has 3 heterocycles. The minimum atomic E-state index is -0.612. The second-order valence-electron chi connectivity index (χ2n) is 7.17. The van der Waals surface area contributed by atoms with Crippen molar-refractivity contribution >= 4 is 23.2 Å². The van der Waals surface area contributed by atoms with Crippen LogP contribution in [0, 0.1) is 5.82 Å². The van der Waals surface area contributed by atoms with E-state index in [1.807, 2.05) is 6.07 Å². The molecule has 0 saturated heterocycles. The first-order valence-electron chi connectivity index (χ1n) is 10.3. The van der Waals surface area contributed by atoms with Gasteiger partial charge in [0.15, 0.2) is 0 Å². The number of halogens is 1. The molecule has 1 aromatic carbocycles. The van der Waals surface area contributed by atoms with Crippen LogP contribution in [0.25, 0.3) is 5.52 Å². The maximum absolute atomic E-state index is 13.3. The third kappa shape index (κ3) is 4.64. The molecular weight excluding hydrogens is 425 g/mol. The fourth-order valence-corrected chi connectivity index (χ4v) is 3.41. The molecule has 0 unspecified atom stereocenters. The fourth-order valence-electron chi connectivity index (χ4n) is 3.41. The van der Waals surface area contributed by atoms with E-state index in [-0.39, 0.29) is 35.9 Å². The van der Waals surface area contributed by atoms with Gasteiger partial charge in [-0.05, 0) is 61.5 Å². The van der Waals surface area contributed by atoms with E-state index in [1.54, 1.807) is 37.5 Å². The van der Waals surface area contributed by atoms with Crippen molar-refractivity contribution in [3.63, 3.8) is 0 Å². The van der Waals surface area contributed by atoms with E-state index in [0.717, 1.165) is 0 Å². The summed E-state index contributed by atoms with van der Waals surface area (Å²) in [6.07, 6.45) is 3.18. The highest BCUT2D eigenvalue weighted by Crippen LogP contribution is 2.22. The number of nitrogens with zero attached hydrogens (tertiary/aromatic N) is 2. The highest BCUT2D eigenvalue weighted by molar-refractivity contribution is 6.11. The van der Waals surface area contributed by atoms with Crippen molar-refractivity contribution in [3.8, 4) is 0 Å². The smallest absolute Gasteiger partial charge is 0.340 e. The number of nitrogens with one attached hydrogen (secondary N) is 1. The molecule has 33 heavy (non-hydrogen) atoms. The molecule has 0 atom stereocenters. The van der Waals surface area contributed by atoms with Gasteiger partial charge in [0.2, 0.25) is 5.78 Å². The number of ketones is 1. The van der Waals surface area contributed by atoms with Gasteiger partial charge in [-0.25, -0.2) is 9.18 Å². The van der Waals surface area contributed by atoms with Crippen LogP contribution in [-0.4, -0.2) is 33.7 Å². The van der Waals surface area contributed by atoms with Gasteiger partial charge < -0.3 is 14.5 Å². The Morgan fingerprint density at radius 2 is 1.82 bits per heavy atom. The summed E-state index contributed by atoms with van der Waals surface area (Å²) in [5, 5.41) is 2.79. The van der Waals surface area contributed by atoms with Crippen LogP contribution in [0.15, 0.2) is 73.1 Å². The second-order valence-corrected chi connectivity index (χ2v) is 7.17. The lowest BCUT2D eigenvalue weighted by Crippen LogP contribution is -2.23. The van der Waals surface area contributed by atoms with Crippen LogP contribution in [0.1, 0.15) is 49.4 Å². The van der Waals surface area contributed by atoms with Gasteiger partial charge in [0.1, 0.15) is 5.82 Å². The summed E-state index contributed by atoms with van der Waals surface area (Å²) < 4.78 is 19.9. The standard InChI is InChI=1S/C25H20FN3O4/c1-2-33-25(32)20-14-22(23(30)16-6-8-18(26)9-7-16)29-12-10-17(13-21(20)29)24(31)28-15-19-5-3-4-11-27-19/h3-14H,2,15H2,1H3,(H,28,31). The first-order chi connectivity index (χ1) is 16.0. The number of rotatable bonds is 7. The first kappa shape index (κ1) is 21.9. The maximum Gasteiger partial charge on any atom is 0.340 e. The van der Waals surface area contributed by atoms with Crippen LogP contribution in [-0.2, 0) is 11.3 Å². The number of hydrogen-bond donors (Lipinski definition) is 1. The van der Waals surface area contributed by atoms with E-state index in [2.05, 4.69) is 10.3 Å². The van der Waals surface area contributed by atoms with Gasteiger partial charge in [0.25, 0.3) is 5.91 Å². The van der Waals surface area contributed by atoms with Crippen molar-refractivity contribution in [1.29, 1.82) is 0 Å². The number of amides is 1. The molecule has 0 fully saturated rings. The van der Waals surface area contributed by atoms with Gasteiger partial charge in [-0.2, -0.15) is 0 Å². The topological polar surface area (TPSA) is 89.8 Å². The maximum atomic E-state index is 13.3. The predicted octanol–water partition coefficient (Wildman–Crippen LogP) is 3.81. The zero-order chi connectivity index (χ0) is 23.4. The number of hydrogen-bond acceptors (Lipinski definition) is 5. The quantitative estimate of drug-likeness (QED) is 0.345. The summed E-state index contributed by atoms with van der Waals surface area (Å²) in [4.78, 5) is 42.5. The highest BCUT2D eigenvalue weighted by atomic mass is 19.1. The molecule has 4 aromatic rings. The number of carbonyl (C=O) groups excluding carboxylic acids is 3. The molecule has 7 nitrogen and oxygen atoms in total. The van der Waals surface area contributed by atoms with E-state index >= 15 is 0 Å². The number of benzene rings is 1. The summed E-state index contributed by atoms with van der Waals surface area (Å²) in [5.41, 5.74) is 1.98. The average Bonchev–Trinajstić information content (AvgIpc) is 3.22. The van der Waals surface area contributed by atoms with Crippen LogP contribution >= 0.6 is 0 Å². The molecule has 4 rings (SSSR count). The number of fused-ring (bicyclic) bond motifs is 1. The molecule has 166 valence electrons. The van der Waals surface area contributed by atoms with Crippen molar-refractivity contribution in [2.45, 2.75) is 13.5 Å². The molecule has 0 aliphatic rings. The number of pyridine rings is 2. The largest absolute Gasteiger partial charge is 0.462 e. The number of carbonyl (C=O) groups is 3. The monoisotopic (exact) mass is 445 g/mol. The van der Waals surface area contributed by atoms with Gasteiger partial charge in [0.05, 0.1) is 35.6 Å². The molecule has 0 radical (unpaired) electrons.